The Morgan fingerprint density at radius 1 is 1.32 bits per heavy atom. The first kappa shape index (κ1) is 17.7. The minimum atomic E-state index is 0.147. The molecule has 0 radical (unpaired) electrons. The van der Waals surface area contributed by atoms with Crippen molar-refractivity contribution in [3.05, 3.63) is 35.9 Å². The monoisotopic (exact) mass is 416 g/mol. The predicted molar refractivity (Wildman–Crippen MR) is 85.5 cm³/mol. The van der Waals surface area contributed by atoms with Crippen LogP contribution in [0.2, 0.25) is 0 Å². The van der Waals surface area contributed by atoms with Gasteiger partial charge in [0.15, 0.2) is 0 Å². The number of alkyl halides is 2. The van der Waals surface area contributed by atoms with Crippen LogP contribution in [-0.4, -0.2) is 42.0 Å². The first-order valence-electron chi connectivity index (χ1n) is 8.14. The molecule has 1 atom stereocenters. The van der Waals surface area contributed by atoms with Gasteiger partial charge in [-0.2, -0.15) is 0 Å². The minimum absolute atomic E-state index is 0.147. The van der Waals surface area contributed by atoms with Crippen LogP contribution in [0.3, 0.4) is 0 Å². The van der Waals surface area contributed by atoms with Crippen molar-refractivity contribution in [3.8, 4) is 0 Å². The zero-order valence-corrected chi connectivity index (χ0v) is 15.8. The number of nitrogens with zero attached hydrogens (tertiary/aromatic N) is 1. The molecular formula is C18H27INO2-. The summed E-state index contributed by atoms with van der Waals surface area (Å²) in [7, 11) is 0. The zero-order valence-electron chi connectivity index (χ0n) is 13.6. The SMILES string of the molecule is CCCCOCCC(=O)N1CC(C([I-]C)c2ccccc2)C1. The van der Waals surface area contributed by atoms with Gasteiger partial charge >= 0.3 is 145 Å². The molecule has 1 heterocycles. The molecule has 1 aliphatic rings. The van der Waals surface area contributed by atoms with Crippen LogP contribution in [-0.2, 0) is 9.53 Å². The average Bonchev–Trinajstić information content (AvgIpc) is 2.50. The molecule has 1 aromatic carbocycles. The maximum absolute atomic E-state index is 12.1. The van der Waals surface area contributed by atoms with E-state index in [-0.39, 0.29) is 27.1 Å². The fourth-order valence-corrected chi connectivity index (χ4v) is 5.39. The Morgan fingerprint density at radius 3 is 2.68 bits per heavy atom. The van der Waals surface area contributed by atoms with Gasteiger partial charge in [-0.05, 0) is 0 Å². The number of unbranched alkanes of at least 4 members (excludes halogenated alkanes) is 1. The van der Waals surface area contributed by atoms with Gasteiger partial charge in [-0.1, -0.05) is 0 Å². The quantitative estimate of drug-likeness (QED) is 0.325. The Hall–Kier alpha value is -0.620. The molecular weight excluding hydrogens is 389 g/mol. The fourth-order valence-electron chi connectivity index (χ4n) is 2.78. The third-order valence-electron chi connectivity index (χ3n) is 4.13. The van der Waals surface area contributed by atoms with Crippen LogP contribution in [0.25, 0.3) is 0 Å². The van der Waals surface area contributed by atoms with Crippen molar-refractivity contribution in [2.24, 2.45) is 5.92 Å². The van der Waals surface area contributed by atoms with Gasteiger partial charge in [-0.3, -0.25) is 0 Å². The Morgan fingerprint density at radius 2 is 2.05 bits per heavy atom. The molecule has 1 unspecified atom stereocenters. The maximum atomic E-state index is 12.1. The summed E-state index contributed by atoms with van der Waals surface area (Å²) in [4.78, 5) is 16.5. The summed E-state index contributed by atoms with van der Waals surface area (Å²) in [6.45, 7) is 5.36. The summed E-state index contributed by atoms with van der Waals surface area (Å²) >= 11 is 0.147. The molecule has 0 saturated carbocycles. The summed E-state index contributed by atoms with van der Waals surface area (Å²) in [5, 5.41) is 0. The number of rotatable bonds is 9. The number of ether oxygens (including phenoxy) is 1. The van der Waals surface area contributed by atoms with Gasteiger partial charge in [-0.25, -0.2) is 0 Å². The van der Waals surface area contributed by atoms with Crippen molar-refractivity contribution >= 4 is 5.91 Å². The van der Waals surface area contributed by atoms with Gasteiger partial charge in [0.2, 0.25) is 0 Å². The Bertz CT molecular complexity index is 446. The summed E-state index contributed by atoms with van der Waals surface area (Å²) in [6, 6.07) is 10.8. The van der Waals surface area contributed by atoms with Gasteiger partial charge in [0, 0.05) is 0 Å². The average molecular weight is 416 g/mol. The molecule has 124 valence electrons. The number of carbonyl (C=O) groups excluding carboxylic acids is 1. The van der Waals surface area contributed by atoms with Gasteiger partial charge in [0.1, 0.15) is 0 Å². The molecule has 1 saturated heterocycles. The molecule has 4 heteroatoms. The molecule has 2 rings (SSSR count). The predicted octanol–water partition coefficient (Wildman–Crippen LogP) is 0.112. The second-order valence-corrected chi connectivity index (χ2v) is 8.39. The summed E-state index contributed by atoms with van der Waals surface area (Å²) in [5.74, 6) is 0.916. The van der Waals surface area contributed by atoms with Gasteiger partial charge in [-0.15, -0.1) is 0 Å². The zero-order chi connectivity index (χ0) is 15.8. The Labute approximate surface area is 144 Å². The van der Waals surface area contributed by atoms with E-state index in [0.29, 0.717) is 22.9 Å². The van der Waals surface area contributed by atoms with Crippen LogP contribution in [0.4, 0.5) is 0 Å². The van der Waals surface area contributed by atoms with E-state index in [0.717, 1.165) is 32.5 Å². The Kier molecular flexibility index (Phi) is 7.66. The standard InChI is InChI=1S/C18H27INO2/c1-3-4-11-22-12-10-17(21)20-13-16(14-20)18(19-2)15-8-6-5-7-9-15/h5-9,16,18H,3-4,10-14H2,1-2H3/q-1. The molecule has 1 fully saturated rings. The molecule has 0 aliphatic carbocycles. The molecule has 0 bridgehead atoms. The van der Waals surface area contributed by atoms with Crippen LogP contribution in [0.1, 0.15) is 35.7 Å². The molecule has 1 amide bonds. The number of halogens is 1. The Balaban J connectivity index is 1.71. The third-order valence-corrected chi connectivity index (χ3v) is 7.21. The van der Waals surface area contributed by atoms with E-state index in [1.165, 1.54) is 5.56 Å². The van der Waals surface area contributed by atoms with Crippen LogP contribution < -0.4 is 21.2 Å². The molecule has 1 aliphatic heterocycles. The van der Waals surface area contributed by atoms with E-state index < -0.39 is 0 Å². The number of likely N-dealkylation sites (tertiary alicyclic amines) is 1. The van der Waals surface area contributed by atoms with E-state index in [4.69, 9.17) is 4.74 Å². The van der Waals surface area contributed by atoms with Crippen LogP contribution in [0, 0.1) is 5.92 Å². The van der Waals surface area contributed by atoms with Gasteiger partial charge < -0.3 is 0 Å². The normalized spacial score (nSPS) is 16.5. The van der Waals surface area contributed by atoms with Crippen LogP contribution in [0.15, 0.2) is 30.3 Å². The van der Waals surface area contributed by atoms with Crippen LogP contribution in [0.5, 0.6) is 0 Å². The van der Waals surface area contributed by atoms with E-state index in [9.17, 15) is 4.79 Å². The number of hydrogen-bond acceptors (Lipinski definition) is 2. The molecule has 0 aromatic heterocycles. The first-order chi connectivity index (χ1) is 10.8. The van der Waals surface area contributed by atoms with E-state index in [1.807, 2.05) is 4.90 Å². The van der Waals surface area contributed by atoms with Crippen molar-refractivity contribution in [2.75, 3.05) is 31.2 Å². The van der Waals surface area contributed by atoms with Crippen molar-refractivity contribution in [2.45, 2.75) is 30.1 Å². The van der Waals surface area contributed by atoms with Crippen molar-refractivity contribution in [1.29, 1.82) is 0 Å². The van der Waals surface area contributed by atoms with E-state index >= 15 is 0 Å². The molecule has 22 heavy (non-hydrogen) atoms. The van der Waals surface area contributed by atoms with Crippen molar-refractivity contribution in [3.63, 3.8) is 0 Å². The molecule has 0 spiro atoms. The topological polar surface area (TPSA) is 29.5 Å². The number of carbonyl (C=O) groups is 1. The van der Waals surface area contributed by atoms with Gasteiger partial charge in [0.25, 0.3) is 0 Å². The molecule has 1 aromatic rings. The van der Waals surface area contributed by atoms with Crippen molar-refractivity contribution in [1.82, 2.24) is 4.90 Å². The third kappa shape index (κ3) is 4.95. The second-order valence-electron chi connectivity index (χ2n) is 5.81. The number of hydrogen-bond donors (Lipinski definition) is 0. The summed E-state index contributed by atoms with van der Waals surface area (Å²) < 4.78 is 6.17. The van der Waals surface area contributed by atoms with E-state index in [2.05, 4.69) is 42.2 Å². The fraction of sp³-hybridized carbons (Fsp3) is 0.611. The number of benzene rings is 1. The van der Waals surface area contributed by atoms with Crippen LogP contribution >= 0.6 is 0 Å². The second kappa shape index (κ2) is 9.50. The molecule has 0 N–H and O–H groups in total. The number of amides is 1. The summed E-state index contributed by atoms with van der Waals surface area (Å²) in [6.07, 6.45) is 2.76. The van der Waals surface area contributed by atoms with Gasteiger partial charge in [0.05, 0.1) is 0 Å². The molecule has 3 nitrogen and oxygen atoms in total. The first-order valence-corrected chi connectivity index (χ1v) is 11.5. The summed E-state index contributed by atoms with van der Waals surface area (Å²) in [5.41, 5.74) is 1.46. The van der Waals surface area contributed by atoms with Crippen molar-refractivity contribution < 1.29 is 30.7 Å². The van der Waals surface area contributed by atoms with E-state index in [1.54, 1.807) is 0 Å².